The molecule has 0 spiro atoms. The van der Waals surface area contributed by atoms with Gasteiger partial charge in [0, 0.05) is 26.1 Å². The summed E-state index contributed by atoms with van der Waals surface area (Å²) in [6.45, 7) is 7.63. The van der Waals surface area contributed by atoms with Gasteiger partial charge in [-0.1, -0.05) is 56.3 Å². The fourth-order valence-electron chi connectivity index (χ4n) is 3.77. The zero-order valence-electron chi connectivity index (χ0n) is 19.8. The number of unbranched alkanes of at least 4 members (excludes halogenated alkanes) is 1. The number of benzene rings is 1. The lowest BCUT2D eigenvalue weighted by Gasteiger charge is -2.32. The van der Waals surface area contributed by atoms with Crippen LogP contribution in [0.5, 0.6) is 0 Å². The minimum atomic E-state index is -0.526. The van der Waals surface area contributed by atoms with Crippen LogP contribution in [0.3, 0.4) is 0 Å². The predicted molar refractivity (Wildman–Crippen MR) is 128 cm³/mol. The van der Waals surface area contributed by atoms with E-state index < -0.39 is 6.09 Å². The van der Waals surface area contributed by atoms with Gasteiger partial charge in [0.15, 0.2) is 0 Å². The van der Waals surface area contributed by atoms with Crippen molar-refractivity contribution in [3.05, 3.63) is 59.7 Å². The number of likely N-dealkylation sites (tertiary alicyclic amines) is 1. The molecule has 1 fully saturated rings. The van der Waals surface area contributed by atoms with Gasteiger partial charge < -0.3 is 19.7 Å². The zero-order chi connectivity index (χ0) is 24.1. The first-order valence-electron chi connectivity index (χ1n) is 11.6. The Hall–Kier alpha value is -3.09. The predicted octanol–water partition coefficient (Wildman–Crippen LogP) is 4.14. The van der Waals surface area contributed by atoms with Gasteiger partial charge in [-0.3, -0.25) is 9.59 Å². The third kappa shape index (κ3) is 9.12. The molecule has 7 heteroatoms. The molecule has 2 amide bonds. The standard InChI is InChI=1S/C26H36N2O5/c1-4-6-7-20(5-2)19-33-26(31)27-15-12-24(29)28-16-13-23(14-17-28)22-10-8-21(9-11-22)18-25(30)32-3/h5,7-11,23H,2,4,6,12-19H2,1,3H3,(H,27,31)/b20-7+. The number of carbonyl (C=O) groups is 3. The zero-order valence-corrected chi connectivity index (χ0v) is 19.8. The summed E-state index contributed by atoms with van der Waals surface area (Å²) in [6, 6.07) is 8.05. The van der Waals surface area contributed by atoms with Crippen molar-refractivity contribution >= 4 is 18.0 Å². The second-order valence-electron chi connectivity index (χ2n) is 8.17. The fraction of sp³-hybridized carbons (Fsp3) is 0.500. The molecule has 1 aliphatic rings. The minimum absolute atomic E-state index is 0.0387. The number of ether oxygens (including phenoxy) is 2. The van der Waals surface area contributed by atoms with Crippen molar-refractivity contribution in [2.24, 2.45) is 0 Å². The maximum absolute atomic E-state index is 12.5. The molecule has 0 atom stereocenters. The van der Waals surface area contributed by atoms with Crippen molar-refractivity contribution in [2.45, 2.75) is 51.4 Å². The number of amides is 2. The summed E-state index contributed by atoms with van der Waals surface area (Å²) in [5.74, 6) is 0.189. The highest BCUT2D eigenvalue weighted by atomic mass is 16.5. The smallest absolute Gasteiger partial charge is 0.407 e. The van der Waals surface area contributed by atoms with Crippen LogP contribution >= 0.6 is 0 Å². The molecule has 1 aromatic carbocycles. The van der Waals surface area contributed by atoms with Crippen molar-refractivity contribution in [1.29, 1.82) is 0 Å². The van der Waals surface area contributed by atoms with Gasteiger partial charge in [0.25, 0.3) is 0 Å². The number of piperidine rings is 1. The molecular formula is C26H36N2O5. The van der Waals surface area contributed by atoms with Crippen LogP contribution in [0.4, 0.5) is 4.79 Å². The van der Waals surface area contributed by atoms with Gasteiger partial charge in [0.1, 0.15) is 6.61 Å². The van der Waals surface area contributed by atoms with E-state index in [9.17, 15) is 14.4 Å². The number of carbonyl (C=O) groups excluding carboxylic acids is 3. The van der Waals surface area contributed by atoms with Crippen LogP contribution < -0.4 is 5.32 Å². The Morgan fingerprint density at radius 1 is 1.18 bits per heavy atom. The van der Waals surface area contributed by atoms with E-state index in [0.717, 1.165) is 36.8 Å². The van der Waals surface area contributed by atoms with E-state index in [0.29, 0.717) is 19.0 Å². The van der Waals surface area contributed by atoms with Crippen molar-refractivity contribution in [3.8, 4) is 0 Å². The fourth-order valence-corrected chi connectivity index (χ4v) is 3.77. The summed E-state index contributed by atoms with van der Waals surface area (Å²) in [6.07, 6.45) is 7.42. The van der Waals surface area contributed by atoms with E-state index in [2.05, 4.69) is 31.0 Å². The molecule has 0 aromatic heterocycles. The summed E-state index contributed by atoms with van der Waals surface area (Å²) in [7, 11) is 1.39. The van der Waals surface area contributed by atoms with Crippen LogP contribution in [0, 0.1) is 0 Å². The van der Waals surface area contributed by atoms with Gasteiger partial charge in [-0.2, -0.15) is 0 Å². The second-order valence-corrected chi connectivity index (χ2v) is 8.17. The molecule has 0 unspecified atom stereocenters. The molecule has 2 rings (SSSR count). The van der Waals surface area contributed by atoms with Gasteiger partial charge in [-0.05, 0) is 41.9 Å². The minimum Gasteiger partial charge on any atom is -0.469 e. The molecule has 0 aliphatic carbocycles. The number of hydrogen-bond acceptors (Lipinski definition) is 5. The lowest BCUT2D eigenvalue weighted by molar-refractivity contribution is -0.139. The Bertz CT molecular complexity index is 824. The number of alkyl carbamates (subject to hydrolysis) is 1. The van der Waals surface area contributed by atoms with Gasteiger partial charge in [0.2, 0.25) is 5.91 Å². The van der Waals surface area contributed by atoms with Crippen LogP contribution in [0.1, 0.15) is 56.1 Å². The number of methoxy groups -OCH3 is 1. The number of esters is 1. The molecule has 1 heterocycles. The molecule has 1 N–H and O–H groups in total. The quantitative estimate of drug-likeness (QED) is 0.400. The van der Waals surface area contributed by atoms with Crippen molar-refractivity contribution in [1.82, 2.24) is 10.2 Å². The number of hydrogen-bond donors (Lipinski definition) is 1. The molecule has 0 radical (unpaired) electrons. The average molecular weight is 457 g/mol. The lowest BCUT2D eigenvalue weighted by Crippen LogP contribution is -2.39. The van der Waals surface area contributed by atoms with Crippen LogP contribution in [0.25, 0.3) is 0 Å². The number of nitrogens with zero attached hydrogens (tertiary/aromatic N) is 1. The largest absolute Gasteiger partial charge is 0.469 e. The third-order valence-corrected chi connectivity index (χ3v) is 5.81. The molecule has 33 heavy (non-hydrogen) atoms. The Kier molecular flexibility index (Phi) is 11.2. The van der Waals surface area contributed by atoms with Gasteiger partial charge in [-0.15, -0.1) is 0 Å². The third-order valence-electron chi connectivity index (χ3n) is 5.81. The monoisotopic (exact) mass is 456 g/mol. The van der Waals surface area contributed by atoms with Crippen molar-refractivity contribution in [3.63, 3.8) is 0 Å². The van der Waals surface area contributed by atoms with Gasteiger partial charge in [-0.25, -0.2) is 4.79 Å². The van der Waals surface area contributed by atoms with Crippen LogP contribution in [-0.4, -0.2) is 56.2 Å². The molecule has 0 bridgehead atoms. The van der Waals surface area contributed by atoms with Crippen LogP contribution in [0.2, 0.25) is 0 Å². The molecule has 7 nitrogen and oxygen atoms in total. The molecule has 1 saturated heterocycles. The molecule has 1 aliphatic heterocycles. The number of nitrogens with one attached hydrogen (secondary N) is 1. The molecule has 180 valence electrons. The summed E-state index contributed by atoms with van der Waals surface area (Å²) >= 11 is 0. The Morgan fingerprint density at radius 2 is 1.88 bits per heavy atom. The Balaban J connectivity index is 1.68. The van der Waals surface area contributed by atoms with E-state index in [-0.39, 0.29) is 37.9 Å². The summed E-state index contributed by atoms with van der Waals surface area (Å²) in [4.78, 5) is 37.6. The normalized spacial score (nSPS) is 14.5. The highest BCUT2D eigenvalue weighted by Crippen LogP contribution is 2.28. The van der Waals surface area contributed by atoms with E-state index in [1.165, 1.54) is 12.7 Å². The van der Waals surface area contributed by atoms with E-state index in [4.69, 9.17) is 9.47 Å². The first-order valence-corrected chi connectivity index (χ1v) is 11.6. The first-order chi connectivity index (χ1) is 16.0. The Morgan fingerprint density at radius 3 is 2.48 bits per heavy atom. The number of allylic oxidation sites excluding steroid dienone is 1. The number of rotatable bonds is 11. The molecule has 0 saturated carbocycles. The lowest BCUT2D eigenvalue weighted by atomic mass is 9.88. The first kappa shape index (κ1) is 26.2. The van der Waals surface area contributed by atoms with Gasteiger partial charge in [0.05, 0.1) is 13.5 Å². The van der Waals surface area contributed by atoms with Gasteiger partial charge >= 0.3 is 12.1 Å². The van der Waals surface area contributed by atoms with E-state index in [1.807, 2.05) is 23.1 Å². The van der Waals surface area contributed by atoms with Crippen molar-refractivity contribution < 1.29 is 23.9 Å². The summed E-state index contributed by atoms with van der Waals surface area (Å²) < 4.78 is 9.88. The average Bonchev–Trinajstić information content (AvgIpc) is 2.84. The van der Waals surface area contributed by atoms with Crippen LogP contribution in [-0.2, 0) is 25.5 Å². The van der Waals surface area contributed by atoms with Crippen LogP contribution in [0.15, 0.2) is 48.6 Å². The highest BCUT2D eigenvalue weighted by Gasteiger charge is 2.23. The maximum atomic E-state index is 12.5. The Labute approximate surface area is 196 Å². The topological polar surface area (TPSA) is 84.9 Å². The maximum Gasteiger partial charge on any atom is 0.407 e. The molecular weight excluding hydrogens is 420 g/mol. The van der Waals surface area contributed by atoms with E-state index >= 15 is 0 Å². The summed E-state index contributed by atoms with van der Waals surface area (Å²) in [5, 5.41) is 2.64. The molecule has 1 aromatic rings. The van der Waals surface area contributed by atoms with E-state index in [1.54, 1.807) is 6.08 Å². The second kappa shape index (κ2) is 14.1. The highest BCUT2D eigenvalue weighted by molar-refractivity contribution is 5.77. The summed E-state index contributed by atoms with van der Waals surface area (Å²) in [5.41, 5.74) is 3.04. The SMILES string of the molecule is C=C/C(=C\CCC)COC(=O)NCCC(=O)N1CCC(c2ccc(CC(=O)OC)cc2)CC1. The van der Waals surface area contributed by atoms with Crippen molar-refractivity contribution in [2.75, 3.05) is 33.4 Å².